The average Bonchev–Trinajstić information content (AvgIpc) is 2.76. The van der Waals surface area contributed by atoms with Gasteiger partial charge in [0.05, 0.1) is 11.5 Å². The van der Waals surface area contributed by atoms with Gasteiger partial charge in [0.25, 0.3) is 5.91 Å². The summed E-state index contributed by atoms with van der Waals surface area (Å²) in [7, 11) is 0. The fourth-order valence-electron chi connectivity index (χ4n) is 2.36. The monoisotopic (exact) mass is 272 g/mol. The lowest BCUT2D eigenvalue weighted by Gasteiger charge is -2.29. The summed E-state index contributed by atoms with van der Waals surface area (Å²) in [5.74, 6) is 0.884. The van der Waals surface area contributed by atoms with Crippen LogP contribution < -0.4 is 5.48 Å². The first kappa shape index (κ1) is 13.7. The van der Waals surface area contributed by atoms with E-state index < -0.39 is 0 Å². The molecule has 0 bridgehead atoms. The third-order valence-corrected chi connectivity index (χ3v) is 4.84. The van der Waals surface area contributed by atoms with E-state index in [1.807, 2.05) is 20.8 Å². The van der Waals surface area contributed by atoms with Crippen molar-refractivity contribution < 1.29 is 14.4 Å². The zero-order chi connectivity index (χ0) is 13.3. The Morgan fingerprint density at radius 2 is 2.39 bits per heavy atom. The molecule has 0 aromatic rings. The van der Waals surface area contributed by atoms with E-state index >= 15 is 0 Å². The minimum atomic E-state index is -0.387. The van der Waals surface area contributed by atoms with E-state index in [4.69, 9.17) is 4.84 Å². The lowest BCUT2D eigenvalue weighted by molar-refractivity contribution is -0.145. The highest BCUT2D eigenvalue weighted by molar-refractivity contribution is 8.01. The van der Waals surface area contributed by atoms with Crippen molar-refractivity contribution in [3.8, 4) is 0 Å². The van der Waals surface area contributed by atoms with Gasteiger partial charge in [-0.15, -0.1) is 11.8 Å². The molecule has 2 rings (SSSR count). The molecule has 2 aliphatic rings. The molecule has 18 heavy (non-hydrogen) atoms. The maximum Gasteiger partial charge on any atom is 0.267 e. The van der Waals surface area contributed by atoms with Crippen LogP contribution in [0.25, 0.3) is 0 Å². The van der Waals surface area contributed by atoms with Crippen LogP contribution >= 0.6 is 11.8 Å². The number of hydroxylamine groups is 1. The molecule has 5 nitrogen and oxygen atoms in total. The van der Waals surface area contributed by atoms with Crippen LogP contribution in [0.15, 0.2) is 0 Å². The molecule has 0 unspecified atom stereocenters. The molecule has 6 heteroatoms. The van der Waals surface area contributed by atoms with E-state index in [-0.39, 0.29) is 22.7 Å². The lowest BCUT2D eigenvalue weighted by Crippen LogP contribution is -2.50. The standard InChI is InChI=1S/C12H20N2O3S/c1-8(2)6-17-13-11(16)9-7-18-12(3)5-4-10(15)14(9)12/h8-9H,4-7H2,1-3H3,(H,13,16)/t9-,12-/m1/s1. The van der Waals surface area contributed by atoms with Gasteiger partial charge in [0, 0.05) is 12.2 Å². The first-order valence-electron chi connectivity index (χ1n) is 6.32. The van der Waals surface area contributed by atoms with Gasteiger partial charge < -0.3 is 4.90 Å². The van der Waals surface area contributed by atoms with Crippen molar-refractivity contribution in [2.24, 2.45) is 5.92 Å². The van der Waals surface area contributed by atoms with Crippen LogP contribution in [0.4, 0.5) is 0 Å². The van der Waals surface area contributed by atoms with Gasteiger partial charge in [0.15, 0.2) is 0 Å². The minimum Gasteiger partial charge on any atom is -0.315 e. The summed E-state index contributed by atoms with van der Waals surface area (Å²) in [5, 5.41) is 0. The fraction of sp³-hybridized carbons (Fsp3) is 0.833. The van der Waals surface area contributed by atoms with E-state index in [2.05, 4.69) is 5.48 Å². The summed E-state index contributed by atoms with van der Waals surface area (Å²) in [6.45, 7) is 6.54. The van der Waals surface area contributed by atoms with Gasteiger partial charge in [0.2, 0.25) is 5.91 Å². The van der Waals surface area contributed by atoms with Gasteiger partial charge in [0.1, 0.15) is 6.04 Å². The number of nitrogens with one attached hydrogen (secondary N) is 1. The van der Waals surface area contributed by atoms with Crippen LogP contribution in [0.3, 0.4) is 0 Å². The van der Waals surface area contributed by atoms with Crippen molar-refractivity contribution in [2.45, 2.75) is 44.5 Å². The molecule has 2 amide bonds. The Morgan fingerprint density at radius 1 is 1.67 bits per heavy atom. The van der Waals surface area contributed by atoms with Crippen LogP contribution in [-0.4, -0.2) is 40.0 Å². The number of fused-ring (bicyclic) bond motifs is 1. The van der Waals surface area contributed by atoms with Crippen LogP contribution in [-0.2, 0) is 14.4 Å². The lowest BCUT2D eigenvalue weighted by atomic mass is 10.2. The molecule has 1 N–H and O–H groups in total. The molecule has 0 aromatic heterocycles. The third-order valence-electron chi connectivity index (χ3n) is 3.34. The molecule has 2 fully saturated rings. The van der Waals surface area contributed by atoms with Crippen LogP contribution in [0.2, 0.25) is 0 Å². The Kier molecular flexibility index (Phi) is 3.87. The molecule has 0 aliphatic carbocycles. The smallest absolute Gasteiger partial charge is 0.267 e. The Labute approximate surface area is 112 Å². The second kappa shape index (κ2) is 5.09. The van der Waals surface area contributed by atoms with Crippen LogP contribution in [0.1, 0.15) is 33.6 Å². The summed E-state index contributed by atoms with van der Waals surface area (Å²) in [6.07, 6.45) is 1.37. The first-order valence-corrected chi connectivity index (χ1v) is 7.30. The molecule has 0 radical (unpaired) electrons. The molecule has 0 saturated carbocycles. The maximum absolute atomic E-state index is 12.0. The average molecular weight is 272 g/mol. The van der Waals surface area contributed by atoms with Gasteiger partial charge in [-0.05, 0) is 19.3 Å². The van der Waals surface area contributed by atoms with Crippen molar-refractivity contribution in [2.75, 3.05) is 12.4 Å². The molecule has 2 heterocycles. The van der Waals surface area contributed by atoms with E-state index in [0.717, 1.165) is 6.42 Å². The van der Waals surface area contributed by atoms with Crippen LogP contribution in [0, 0.1) is 5.92 Å². The zero-order valence-corrected chi connectivity index (χ0v) is 11.9. The highest BCUT2D eigenvalue weighted by Crippen LogP contribution is 2.47. The Hall–Kier alpha value is -0.750. The van der Waals surface area contributed by atoms with Crippen molar-refractivity contribution in [1.29, 1.82) is 0 Å². The molecular formula is C12H20N2O3S. The first-order chi connectivity index (χ1) is 8.44. The Balaban J connectivity index is 1.93. The summed E-state index contributed by atoms with van der Waals surface area (Å²) >= 11 is 1.68. The van der Waals surface area contributed by atoms with E-state index in [0.29, 0.717) is 24.7 Å². The number of hydrogen-bond acceptors (Lipinski definition) is 4. The van der Waals surface area contributed by atoms with Crippen molar-refractivity contribution >= 4 is 23.6 Å². The molecule has 2 saturated heterocycles. The Morgan fingerprint density at radius 3 is 3.06 bits per heavy atom. The molecule has 0 spiro atoms. The number of carbonyl (C=O) groups excluding carboxylic acids is 2. The summed E-state index contributed by atoms with van der Waals surface area (Å²) in [4.78, 5) is 30.5. The zero-order valence-electron chi connectivity index (χ0n) is 11.1. The molecule has 2 atom stereocenters. The van der Waals surface area contributed by atoms with Gasteiger partial charge in [-0.25, -0.2) is 5.48 Å². The van der Waals surface area contributed by atoms with E-state index in [1.165, 1.54) is 0 Å². The highest BCUT2D eigenvalue weighted by atomic mass is 32.2. The Bertz CT molecular complexity index is 361. The van der Waals surface area contributed by atoms with E-state index in [1.54, 1.807) is 16.7 Å². The van der Waals surface area contributed by atoms with Gasteiger partial charge in [-0.3, -0.25) is 14.4 Å². The topological polar surface area (TPSA) is 58.6 Å². The number of nitrogens with zero attached hydrogens (tertiary/aromatic N) is 1. The number of hydrogen-bond donors (Lipinski definition) is 1. The number of rotatable bonds is 4. The van der Waals surface area contributed by atoms with Gasteiger partial charge >= 0.3 is 0 Å². The quantitative estimate of drug-likeness (QED) is 0.780. The predicted molar refractivity (Wildman–Crippen MR) is 69.7 cm³/mol. The van der Waals surface area contributed by atoms with Crippen LogP contribution in [0.5, 0.6) is 0 Å². The molecule has 102 valence electrons. The van der Waals surface area contributed by atoms with E-state index in [9.17, 15) is 9.59 Å². The SMILES string of the molecule is CC(C)CONC(=O)[C@H]1CS[C@]2(C)CCC(=O)N12. The normalized spacial score (nSPS) is 31.0. The van der Waals surface area contributed by atoms with Gasteiger partial charge in [-0.2, -0.15) is 0 Å². The maximum atomic E-state index is 12.0. The summed E-state index contributed by atoms with van der Waals surface area (Å²) in [6, 6.07) is -0.387. The molecule has 0 aromatic carbocycles. The summed E-state index contributed by atoms with van der Waals surface area (Å²) in [5.41, 5.74) is 2.46. The second-order valence-electron chi connectivity index (χ2n) is 5.44. The second-order valence-corrected chi connectivity index (χ2v) is 6.94. The summed E-state index contributed by atoms with van der Waals surface area (Å²) < 4.78 is 0. The van der Waals surface area contributed by atoms with Crippen molar-refractivity contribution in [1.82, 2.24) is 10.4 Å². The number of amides is 2. The largest absolute Gasteiger partial charge is 0.315 e. The van der Waals surface area contributed by atoms with Crippen molar-refractivity contribution in [3.05, 3.63) is 0 Å². The fourth-order valence-corrected chi connectivity index (χ4v) is 3.79. The minimum absolute atomic E-state index is 0.0755. The molecular weight excluding hydrogens is 252 g/mol. The predicted octanol–water partition coefficient (Wildman–Crippen LogP) is 1.14. The number of carbonyl (C=O) groups is 2. The van der Waals surface area contributed by atoms with Crippen molar-refractivity contribution in [3.63, 3.8) is 0 Å². The third kappa shape index (κ3) is 2.49. The molecule has 2 aliphatic heterocycles. The number of thioether (sulfide) groups is 1. The van der Waals surface area contributed by atoms with Gasteiger partial charge in [-0.1, -0.05) is 13.8 Å². The highest BCUT2D eigenvalue weighted by Gasteiger charge is 2.52.